The van der Waals surface area contributed by atoms with Gasteiger partial charge in [0.1, 0.15) is 17.5 Å². The van der Waals surface area contributed by atoms with Gasteiger partial charge in [0.25, 0.3) is 0 Å². The minimum atomic E-state index is -0.457. The van der Waals surface area contributed by atoms with Crippen LogP contribution in [0, 0.1) is 0 Å². The molecule has 0 bridgehead atoms. The van der Waals surface area contributed by atoms with Crippen LogP contribution in [0.5, 0.6) is 5.75 Å². The molecule has 2 fully saturated rings. The van der Waals surface area contributed by atoms with E-state index in [4.69, 9.17) is 19.9 Å². The average molecular weight is 362 g/mol. The fourth-order valence-corrected chi connectivity index (χ4v) is 3.41. The highest BCUT2D eigenvalue weighted by atomic mass is 16.6. The first-order chi connectivity index (χ1) is 12.3. The highest BCUT2D eigenvalue weighted by Crippen LogP contribution is 2.34. The third-order valence-electron chi connectivity index (χ3n) is 4.84. The quantitative estimate of drug-likeness (QED) is 0.833. The van der Waals surface area contributed by atoms with Gasteiger partial charge in [-0.3, -0.25) is 0 Å². The van der Waals surface area contributed by atoms with Crippen LogP contribution in [-0.2, 0) is 9.47 Å². The maximum absolute atomic E-state index is 12.2. The lowest BCUT2D eigenvalue weighted by Crippen LogP contribution is -2.41. The van der Waals surface area contributed by atoms with Crippen LogP contribution >= 0.6 is 0 Å². The van der Waals surface area contributed by atoms with Crippen molar-refractivity contribution in [2.45, 2.75) is 57.7 Å². The van der Waals surface area contributed by atoms with E-state index < -0.39 is 5.60 Å². The van der Waals surface area contributed by atoms with Gasteiger partial charge in [-0.1, -0.05) is 6.07 Å². The number of ether oxygens (including phenoxy) is 3. The fraction of sp³-hybridized carbons (Fsp3) is 0.650. The van der Waals surface area contributed by atoms with Crippen molar-refractivity contribution < 1.29 is 19.0 Å². The molecule has 2 N–H and O–H groups in total. The van der Waals surface area contributed by atoms with Crippen molar-refractivity contribution in [1.82, 2.24) is 4.90 Å². The highest BCUT2D eigenvalue weighted by Gasteiger charge is 2.28. The van der Waals surface area contributed by atoms with Crippen LogP contribution in [0.25, 0.3) is 0 Å². The van der Waals surface area contributed by atoms with Gasteiger partial charge in [0.2, 0.25) is 0 Å². The number of nitrogens with zero attached hydrogens (tertiary/aromatic N) is 1. The fourth-order valence-electron chi connectivity index (χ4n) is 3.41. The topological polar surface area (TPSA) is 74.0 Å². The van der Waals surface area contributed by atoms with Crippen molar-refractivity contribution in [2.24, 2.45) is 0 Å². The summed E-state index contributed by atoms with van der Waals surface area (Å²) in [5.41, 5.74) is 7.50. The van der Waals surface area contributed by atoms with E-state index in [0.29, 0.717) is 31.3 Å². The molecule has 2 heterocycles. The van der Waals surface area contributed by atoms with Crippen LogP contribution in [0.15, 0.2) is 18.2 Å². The molecule has 3 rings (SSSR count). The zero-order chi connectivity index (χ0) is 18.7. The van der Waals surface area contributed by atoms with E-state index >= 15 is 0 Å². The van der Waals surface area contributed by atoms with Gasteiger partial charge in [0, 0.05) is 19.5 Å². The summed E-state index contributed by atoms with van der Waals surface area (Å²) in [6.07, 6.45) is 2.59. The molecule has 144 valence electrons. The third-order valence-corrected chi connectivity index (χ3v) is 4.84. The van der Waals surface area contributed by atoms with Crippen molar-refractivity contribution in [3.63, 3.8) is 0 Å². The second-order valence-electron chi connectivity index (χ2n) is 8.14. The lowest BCUT2D eigenvalue weighted by atomic mass is 9.89. The van der Waals surface area contributed by atoms with E-state index in [2.05, 4.69) is 12.1 Å². The molecule has 2 aliphatic heterocycles. The number of hydrogen-bond acceptors (Lipinski definition) is 5. The molecular formula is C20H30N2O4. The number of rotatable bonds is 3. The lowest BCUT2D eigenvalue weighted by molar-refractivity contribution is 0.0204. The molecule has 2 aliphatic rings. The van der Waals surface area contributed by atoms with Crippen LogP contribution in [0.1, 0.15) is 51.5 Å². The maximum atomic E-state index is 12.2. The van der Waals surface area contributed by atoms with Crippen LogP contribution in [-0.4, -0.2) is 49.0 Å². The van der Waals surface area contributed by atoms with E-state index in [9.17, 15) is 4.79 Å². The summed E-state index contributed by atoms with van der Waals surface area (Å²) in [5, 5.41) is 0. The molecule has 1 amide bonds. The molecule has 1 aromatic rings. The van der Waals surface area contributed by atoms with Gasteiger partial charge in [0.05, 0.1) is 18.9 Å². The first-order valence-corrected chi connectivity index (χ1v) is 9.43. The number of amides is 1. The Balaban J connectivity index is 1.59. The minimum Gasteiger partial charge on any atom is -0.486 e. The summed E-state index contributed by atoms with van der Waals surface area (Å²) in [7, 11) is 0. The second kappa shape index (κ2) is 7.74. The zero-order valence-corrected chi connectivity index (χ0v) is 16.0. The predicted molar refractivity (Wildman–Crippen MR) is 100 cm³/mol. The molecule has 0 saturated carbocycles. The molecular weight excluding hydrogens is 332 g/mol. The van der Waals surface area contributed by atoms with Crippen molar-refractivity contribution in [2.75, 3.05) is 32.0 Å². The van der Waals surface area contributed by atoms with E-state index in [1.54, 1.807) is 4.90 Å². The number of nitrogens with two attached hydrogens (primary N) is 1. The van der Waals surface area contributed by atoms with Gasteiger partial charge < -0.3 is 24.8 Å². The largest absolute Gasteiger partial charge is 0.486 e. The van der Waals surface area contributed by atoms with E-state index in [0.717, 1.165) is 31.6 Å². The van der Waals surface area contributed by atoms with E-state index in [1.807, 2.05) is 26.8 Å². The number of carbonyl (C=O) groups excluding carboxylic acids is 1. The molecule has 26 heavy (non-hydrogen) atoms. The highest BCUT2D eigenvalue weighted by molar-refractivity contribution is 5.68. The van der Waals surface area contributed by atoms with Crippen molar-refractivity contribution in [1.29, 1.82) is 0 Å². The van der Waals surface area contributed by atoms with Gasteiger partial charge in [-0.15, -0.1) is 0 Å². The lowest BCUT2D eigenvalue weighted by Gasteiger charge is -2.33. The molecule has 0 spiro atoms. The van der Waals surface area contributed by atoms with Crippen LogP contribution in [0.4, 0.5) is 10.5 Å². The Kier molecular flexibility index (Phi) is 5.61. The normalized spacial score (nSPS) is 21.7. The molecule has 2 saturated heterocycles. The summed E-state index contributed by atoms with van der Waals surface area (Å²) in [6, 6.07) is 6.04. The Hall–Kier alpha value is -1.95. The monoisotopic (exact) mass is 362 g/mol. The number of hydrogen-bond donors (Lipinski definition) is 1. The SMILES string of the molecule is CC(C)(C)OC(=O)N1CCC(c2ccc(N)c(OC3CCOC3)c2)CC1. The van der Waals surface area contributed by atoms with Gasteiger partial charge in [0.15, 0.2) is 0 Å². The van der Waals surface area contributed by atoms with Gasteiger partial charge in [-0.25, -0.2) is 4.79 Å². The first kappa shape index (κ1) is 18.8. The Morgan fingerprint density at radius 3 is 2.58 bits per heavy atom. The average Bonchev–Trinajstić information content (AvgIpc) is 3.08. The Morgan fingerprint density at radius 1 is 1.23 bits per heavy atom. The number of likely N-dealkylation sites (tertiary alicyclic amines) is 1. The number of piperidine rings is 1. The zero-order valence-electron chi connectivity index (χ0n) is 16.0. The summed E-state index contributed by atoms with van der Waals surface area (Å²) in [4.78, 5) is 14.0. The molecule has 6 heteroatoms. The standard InChI is InChI=1S/C20H30N2O4/c1-20(2,3)26-19(23)22-9-6-14(7-10-22)15-4-5-17(21)18(12-15)25-16-8-11-24-13-16/h4-5,12,14,16H,6-11,13,21H2,1-3H3. The summed E-state index contributed by atoms with van der Waals surface area (Å²) in [5.74, 6) is 1.14. The van der Waals surface area contributed by atoms with Crippen LogP contribution < -0.4 is 10.5 Å². The van der Waals surface area contributed by atoms with Crippen molar-refractivity contribution in [3.05, 3.63) is 23.8 Å². The molecule has 0 radical (unpaired) electrons. The summed E-state index contributed by atoms with van der Waals surface area (Å²) in [6.45, 7) is 8.45. The predicted octanol–water partition coefficient (Wildman–Crippen LogP) is 3.55. The Labute approximate surface area is 155 Å². The summed E-state index contributed by atoms with van der Waals surface area (Å²) >= 11 is 0. The molecule has 1 aromatic carbocycles. The minimum absolute atomic E-state index is 0.0848. The molecule has 1 unspecified atom stereocenters. The first-order valence-electron chi connectivity index (χ1n) is 9.43. The maximum Gasteiger partial charge on any atom is 0.410 e. The number of anilines is 1. The van der Waals surface area contributed by atoms with Crippen LogP contribution in [0.3, 0.4) is 0 Å². The summed E-state index contributed by atoms with van der Waals surface area (Å²) < 4.78 is 16.9. The number of carbonyl (C=O) groups is 1. The van der Waals surface area contributed by atoms with E-state index in [-0.39, 0.29) is 12.2 Å². The van der Waals surface area contributed by atoms with Gasteiger partial charge >= 0.3 is 6.09 Å². The molecule has 6 nitrogen and oxygen atoms in total. The number of benzene rings is 1. The van der Waals surface area contributed by atoms with E-state index in [1.165, 1.54) is 5.56 Å². The second-order valence-corrected chi connectivity index (χ2v) is 8.14. The third kappa shape index (κ3) is 4.81. The molecule has 0 aromatic heterocycles. The van der Waals surface area contributed by atoms with Gasteiger partial charge in [-0.05, 0) is 57.2 Å². The van der Waals surface area contributed by atoms with Crippen molar-refractivity contribution >= 4 is 11.8 Å². The molecule has 0 aliphatic carbocycles. The smallest absolute Gasteiger partial charge is 0.410 e. The van der Waals surface area contributed by atoms with Gasteiger partial charge in [-0.2, -0.15) is 0 Å². The Morgan fingerprint density at radius 2 is 1.96 bits per heavy atom. The van der Waals surface area contributed by atoms with Crippen molar-refractivity contribution in [3.8, 4) is 5.75 Å². The number of nitrogen functional groups attached to an aromatic ring is 1. The van der Waals surface area contributed by atoms with Crippen LogP contribution in [0.2, 0.25) is 0 Å². The molecule has 1 atom stereocenters. The Bertz CT molecular complexity index is 627.